The molecule has 0 atom stereocenters. The molecular formula is C20H35N. The van der Waals surface area contributed by atoms with Gasteiger partial charge in [-0.25, -0.2) is 0 Å². The number of hydrogen-bond acceptors (Lipinski definition) is 1. The number of nitrogens with one attached hydrogen (secondary N) is 1. The molecule has 0 bridgehead atoms. The highest BCUT2D eigenvalue weighted by molar-refractivity contribution is 5.28. The van der Waals surface area contributed by atoms with Gasteiger partial charge in [0.05, 0.1) is 0 Å². The van der Waals surface area contributed by atoms with Crippen LogP contribution >= 0.6 is 0 Å². The van der Waals surface area contributed by atoms with Crippen molar-refractivity contribution in [2.45, 2.75) is 66.7 Å². The molecule has 0 saturated heterocycles. The van der Waals surface area contributed by atoms with Crippen LogP contribution < -0.4 is 5.32 Å². The second kappa shape index (κ2) is 7.45. The van der Waals surface area contributed by atoms with Gasteiger partial charge in [0.1, 0.15) is 0 Å². The van der Waals surface area contributed by atoms with Crippen LogP contribution in [-0.2, 0) is 11.8 Å². The summed E-state index contributed by atoms with van der Waals surface area (Å²) in [7, 11) is 0. The summed E-state index contributed by atoms with van der Waals surface area (Å²) in [5.41, 5.74) is 3.47. The van der Waals surface area contributed by atoms with Crippen LogP contribution in [-0.4, -0.2) is 13.1 Å². The minimum Gasteiger partial charge on any atom is -0.316 e. The van der Waals surface area contributed by atoms with E-state index >= 15 is 0 Å². The molecular weight excluding hydrogens is 254 g/mol. The van der Waals surface area contributed by atoms with Crippen molar-refractivity contribution in [1.82, 2.24) is 5.32 Å². The van der Waals surface area contributed by atoms with Gasteiger partial charge in [0.15, 0.2) is 0 Å². The van der Waals surface area contributed by atoms with Gasteiger partial charge in [-0.05, 0) is 53.8 Å². The predicted molar refractivity (Wildman–Crippen MR) is 95.0 cm³/mol. The van der Waals surface area contributed by atoms with E-state index in [0.29, 0.717) is 5.41 Å². The molecule has 0 aromatic heterocycles. The molecule has 0 spiro atoms. The molecule has 0 amide bonds. The van der Waals surface area contributed by atoms with Gasteiger partial charge >= 0.3 is 0 Å². The molecule has 1 N–H and O–H groups in total. The van der Waals surface area contributed by atoms with Crippen molar-refractivity contribution in [3.8, 4) is 0 Å². The minimum atomic E-state index is 0.245. The Bertz CT molecular complexity index is 406. The number of rotatable bonds is 7. The predicted octanol–water partition coefficient (Wildman–Crippen LogP) is 5.19. The van der Waals surface area contributed by atoms with Crippen molar-refractivity contribution in [3.05, 3.63) is 35.4 Å². The van der Waals surface area contributed by atoms with Crippen molar-refractivity contribution in [3.63, 3.8) is 0 Å². The second-order valence-corrected chi connectivity index (χ2v) is 8.64. The first kappa shape index (κ1) is 18.2. The Kier molecular flexibility index (Phi) is 6.46. The fourth-order valence-corrected chi connectivity index (χ4v) is 2.58. The maximum Gasteiger partial charge on any atom is -0.00258 e. The van der Waals surface area contributed by atoms with Crippen LogP contribution in [0.5, 0.6) is 0 Å². The quantitative estimate of drug-likeness (QED) is 0.681. The fraction of sp³-hybridized carbons (Fsp3) is 0.700. The van der Waals surface area contributed by atoms with Gasteiger partial charge in [-0.2, -0.15) is 0 Å². The summed E-state index contributed by atoms with van der Waals surface area (Å²) in [4.78, 5) is 0. The average Bonchev–Trinajstić information content (AvgIpc) is 2.33. The molecule has 0 unspecified atom stereocenters. The zero-order chi connectivity index (χ0) is 16.1. The summed E-state index contributed by atoms with van der Waals surface area (Å²) < 4.78 is 0. The van der Waals surface area contributed by atoms with E-state index in [1.165, 1.54) is 17.5 Å². The van der Waals surface area contributed by atoms with Gasteiger partial charge in [0.2, 0.25) is 0 Å². The summed E-state index contributed by atoms with van der Waals surface area (Å²) in [6.45, 7) is 18.3. The lowest BCUT2D eigenvalue weighted by Crippen LogP contribution is -2.26. The van der Waals surface area contributed by atoms with E-state index in [1.807, 2.05) is 0 Å². The van der Waals surface area contributed by atoms with Crippen molar-refractivity contribution >= 4 is 0 Å². The molecule has 0 radical (unpaired) electrons. The normalized spacial score (nSPS) is 13.0. The van der Waals surface area contributed by atoms with Crippen LogP contribution in [0.3, 0.4) is 0 Å². The molecule has 120 valence electrons. The van der Waals surface area contributed by atoms with Gasteiger partial charge in [0, 0.05) is 0 Å². The minimum absolute atomic E-state index is 0.245. The molecule has 21 heavy (non-hydrogen) atoms. The zero-order valence-corrected chi connectivity index (χ0v) is 15.2. The highest BCUT2D eigenvalue weighted by Gasteiger charge is 2.19. The van der Waals surface area contributed by atoms with E-state index < -0.39 is 0 Å². The van der Waals surface area contributed by atoms with E-state index in [4.69, 9.17) is 0 Å². The fourth-order valence-electron chi connectivity index (χ4n) is 2.58. The van der Waals surface area contributed by atoms with Gasteiger partial charge in [-0.1, -0.05) is 72.7 Å². The van der Waals surface area contributed by atoms with Crippen molar-refractivity contribution < 1.29 is 0 Å². The van der Waals surface area contributed by atoms with Crippen LogP contribution in [0.25, 0.3) is 0 Å². The summed E-state index contributed by atoms with van der Waals surface area (Å²) >= 11 is 0. The lowest BCUT2D eigenvalue weighted by Gasteiger charge is -2.26. The largest absolute Gasteiger partial charge is 0.316 e. The topological polar surface area (TPSA) is 12.0 Å². The van der Waals surface area contributed by atoms with E-state index in [9.17, 15) is 0 Å². The second-order valence-electron chi connectivity index (χ2n) is 8.64. The first-order valence-electron chi connectivity index (χ1n) is 8.40. The summed E-state index contributed by atoms with van der Waals surface area (Å²) in [6, 6.07) is 9.21. The smallest absolute Gasteiger partial charge is 0.00258 e. The highest BCUT2D eigenvalue weighted by Crippen LogP contribution is 2.27. The Hall–Kier alpha value is -0.820. The lowest BCUT2D eigenvalue weighted by molar-refractivity contribution is 0.322. The van der Waals surface area contributed by atoms with E-state index in [1.54, 1.807) is 0 Å². The standard InChI is InChI=1S/C20H35N/c1-16(2)15-21-13-12-20(6,7)14-17-8-10-18(11-9-17)19(3,4)5/h8-11,16,21H,12-15H2,1-7H3. The Labute approximate surface area is 132 Å². The zero-order valence-electron chi connectivity index (χ0n) is 15.2. The summed E-state index contributed by atoms with van der Waals surface area (Å²) in [5, 5.41) is 3.56. The molecule has 0 aliphatic carbocycles. The first-order chi connectivity index (χ1) is 9.60. The molecule has 1 aromatic rings. The monoisotopic (exact) mass is 289 g/mol. The van der Waals surface area contributed by atoms with Gasteiger partial charge in [-0.15, -0.1) is 0 Å². The van der Waals surface area contributed by atoms with Crippen LogP contribution in [0.15, 0.2) is 24.3 Å². The lowest BCUT2D eigenvalue weighted by atomic mass is 9.81. The molecule has 0 aliphatic rings. The summed E-state index contributed by atoms with van der Waals surface area (Å²) in [5.74, 6) is 0.734. The molecule has 1 aromatic carbocycles. The Morgan fingerprint density at radius 2 is 1.52 bits per heavy atom. The van der Waals surface area contributed by atoms with Crippen molar-refractivity contribution in [2.75, 3.05) is 13.1 Å². The third-order valence-electron chi connectivity index (χ3n) is 4.03. The Morgan fingerprint density at radius 3 is 2.00 bits per heavy atom. The molecule has 0 aliphatic heterocycles. The SMILES string of the molecule is CC(C)CNCCC(C)(C)Cc1ccc(C(C)(C)C)cc1. The van der Waals surface area contributed by atoms with Gasteiger partial charge in [-0.3, -0.25) is 0 Å². The Morgan fingerprint density at radius 1 is 0.952 bits per heavy atom. The maximum absolute atomic E-state index is 3.56. The molecule has 0 saturated carbocycles. The third kappa shape index (κ3) is 7.13. The van der Waals surface area contributed by atoms with Crippen LogP contribution in [0.2, 0.25) is 0 Å². The number of benzene rings is 1. The van der Waals surface area contributed by atoms with Crippen LogP contribution in [0.1, 0.15) is 66.0 Å². The molecule has 0 heterocycles. The molecule has 1 rings (SSSR count). The van der Waals surface area contributed by atoms with E-state index in [-0.39, 0.29) is 5.41 Å². The van der Waals surface area contributed by atoms with E-state index in [0.717, 1.165) is 25.4 Å². The van der Waals surface area contributed by atoms with Crippen molar-refractivity contribution in [1.29, 1.82) is 0 Å². The summed E-state index contributed by atoms with van der Waals surface area (Å²) in [6.07, 6.45) is 2.38. The van der Waals surface area contributed by atoms with Crippen molar-refractivity contribution in [2.24, 2.45) is 11.3 Å². The maximum atomic E-state index is 3.56. The van der Waals surface area contributed by atoms with Crippen LogP contribution in [0, 0.1) is 11.3 Å². The van der Waals surface area contributed by atoms with Gasteiger partial charge < -0.3 is 5.32 Å². The average molecular weight is 290 g/mol. The molecule has 1 heteroatoms. The van der Waals surface area contributed by atoms with Gasteiger partial charge in [0.25, 0.3) is 0 Å². The Balaban J connectivity index is 2.51. The first-order valence-corrected chi connectivity index (χ1v) is 8.40. The molecule has 0 fully saturated rings. The highest BCUT2D eigenvalue weighted by atomic mass is 14.8. The van der Waals surface area contributed by atoms with E-state index in [2.05, 4.69) is 78.0 Å². The third-order valence-corrected chi connectivity index (χ3v) is 4.03. The number of hydrogen-bond donors (Lipinski definition) is 1. The molecule has 1 nitrogen and oxygen atoms in total. The van der Waals surface area contributed by atoms with Crippen LogP contribution in [0.4, 0.5) is 0 Å².